The van der Waals surface area contributed by atoms with Gasteiger partial charge in [0.25, 0.3) is 0 Å². The maximum Gasteiger partial charge on any atom is 0.343 e. The molecular weight excluding hydrogens is 682 g/mol. The molecule has 0 N–H and O–H groups in total. The quantitative estimate of drug-likeness (QED) is 0.0985. The van der Waals surface area contributed by atoms with Gasteiger partial charge in [-0.3, -0.25) is 4.79 Å². The lowest BCUT2D eigenvalue weighted by Gasteiger charge is -2.22. The predicted molar refractivity (Wildman–Crippen MR) is 175 cm³/mol. The van der Waals surface area contributed by atoms with Crippen LogP contribution in [0.2, 0.25) is 20.1 Å². The number of carbonyl (C=O) groups excluding carboxylic acids is 2. The molecule has 8 nitrogen and oxygen atoms in total. The molecule has 0 unspecified atom stereocenters. The van der Waals surface area contributed by atoms with Crippen molar-refractivity contribution in [1.82, 2.24) is 4.31 Å². The number of methoxy groups -OCH3 is 1. The van der Waals surface area contributed by atoms with Crippen LogP contribution in [0.3, 0.4) is 0 Å². The molecule has 0 bridgehead atoms. The maximum atomic E-state index is 13.8. The summed E-state index contributed by atoms with van der Waals surface area (Å²) in [7, 11) is -2.84. The first-order valence-electron chi connectivity index (χ1n) is 13.3. The van der Waals surface area contributed by atoms with Gasteiger partial charge in [-0.05, 0) is 85.3 Å². The van der Waals surface area contributed by atoms with E-state index in [1.807, 2.05) is 0 Å². The van der Waals surface area contributed by atoms with Gasteiger partial charge in [0.05, 0.1) is 34.3 Å². The number of Topliss-reactive ketones (excluding diaryl/α,β-unsaturated/α-hetero) is 1. The van der Waals surface area contributed by atoms with Crippen molar-refractivity contribution in [1.29, 1.82) is 0 Å². The Balaban J connectivity index is 1.50. The van der Waals surface area contributed by atoms with E-state index in [2.05, 4.69) is 0 Å². The second-order valence-electron chi connectivity index (χ2n) is 9.90. The predicted octanol–water partition coefficient (Wildman–Crippen LogP) is 8.16. The van der Waals surface area contributed by atoms with Gasteiger partial charge in [-0.25, -0.2) is 13.2 Å². The average Bonchev–Trinajstić information content (AvgIpc) is 3.55. The summed E-state index contributed by atoms with van der Waals surface area (Å²) < 4.78 is 39.7. The fourth-order valence-corrected chi connectivity index (χ4v) is 6.74. The number of rotatable bonds is 9. The van der Waals surface area contributed by atoms with E-state index in [9.17, 15) is 18.0 Å². The lowest BCUT2D eigenvalue weighted by molar-refractivity contribution is -0.137. The van der Waals surface area contributed by atoms with Crippen molar-refractivity contribution in [3.05, 3.63) is 133 Å². The Labute approximate surface area is 280 Å². The number of halogens is 4. The van der Waals surface area contributed by atoms with Crippen LogP contribution in [0, 0.1) is 0 Å². The smallest absolute Gasteiger partial charge is 0.343 e. The van der Waals surface area contributed by atoms with Crippen molar-refractivity contribution in [2.75, 3.05) is 12.0 Å². The zero-order chi connectivity index (χ0) is 32.5. The fourth-order valence-electron chi connectivity index (χ4n) is 4.77. The summed E-state index contributed by atoms with van der Waals surface area (Å²) in [5.41, 5.74) is 1.57. The molecule has 0 saturated carbocycles. The Morgan fingerprint density at radius 1 is 0.889 bits per heavy atom. The molecule has 0 radical (unpaired) electrons. The molecule has 1 aliphatic heterocycles. The molecule has 5 rings (SSSR count). The van der Waals surface area contributed by atoms with E-state index in [0.29, 0.717) is 37.8 Å². The molecule has 13 heteroatoms. The number of benzene rings is 3. The molecule has 0 saturated heterocycles. The van der Waals surface area contributed by atoms with Crippen LogP contribution in [-0.4, -0.2) is 31.6 Å². The number of furan rings is 1. The van der Waals surface area contributed by atoms with Gasteiger partial charge in [-0.15, -0.1) is 0 Å². The molecule has 4 aromatic rings. The summed E-state index contributed by atoms with van der Waals surface area (Å²) in [6, 6.07) is 20.7. The average molecular weight is 706 g/mol. The van der Waals surface area contributed by atoms with Crippen molar-refractivity contribution in [3.8, 4) is 0 Å². The van der Waals surface area contributed by atoms with Crippen molar-refractivity contribution in [2.24, 2.45) is 0 Å². The number of hydrogen-bond donors (Lipinski definition) is 0. The summed E-state index contributed by atoms with van der Waals surface area (Å²) in [5, 5.41) is 1.51. The van der Waals surface area contributed by atoms with Gasteiger partial charge in [0.1, 0.15) is 17.1 Å². The van der Waals surface area contributed by atoms with E-state index in [4.69, 9.17) is 55.6 Å². The molecule has 0 aliphatic carbocycles. The van der Waals surface area contributed by atoms with Gasteiger partial charge in [-0.1, -0.05) is 52.5 Å². The number of esters is 1. The van der Waals surface area contributed by atoms with Crippen LogP contribution < -0.4 is 4.90 Å². The van der Waals surface area contributed by atoms with Crippen LogP contribution in [0.4, 0.5) is 5.69 Å². The first-order valence-corrected chi connectivity index (χ1v) is 16.2. The Morgan fingerprint density at radius 3 is 2.16 bits per heavy atom. The number of ketones is 1. The molecular formula is C32H24Cl4N2O6S. The van der Waals surface area contributed by atoms with Gasteiger partial charge < -0.3 is 14.1 Å². The molecule has 0 atom stereocenters. The summed E-state index contributed by atoms with van der Waals surface area (Å²) >= 11 is 24.3. The SMILES string of the molecule is COC(=O)C1=C(C)N(c2ccc(Cl)cc2)/C(=C/c2ccc(CN(Cc3ccc(Cl)c(Cl)c3)S(=O)(=O)c3ccc(Cl)cc3)o2)C1=O. The van der Waals surface area contributed by atoms with Crippen LogP contribution in [-0.2, 0) is 37.4 Å². The van der Waals surface area contributed by atoms with Crippen molar-refractivity contribution < 1.29 is 27.2 Å². The summed E-state index contributed by atoms with van der Waals surface area (Å²) in [5.74, 6) is -0.783. The van der Waals surface area contributed by atoms with Crippen LogP contribution in [0.5, 0.6) is 0 Å². The molecule has 0 spiro atoms. The van der Waals surface area contributed by atoms with Crippen LogP contribution in [0.15, 0.2) is 105 Å². The number of nitrogens with zero attached hydrogens (tertiary/aromatic N) is 2. The zero-order valence-electron chi connectivity index (χ0n) is 23.8. The number of hydrogen-bond acceptors (Lipinski definition) is 7. The number of carbonyl (C=O) groups is 2. The lowest BCUT2D eigenvalue weighted by atomic mass is 10.1. The lowest BCUT2D eigenvalue weighted by Crippen LogP contribution is -2.30. The van der Waals surface area contributed by atoms with Crippen molar-refractivity contribution >= 4 is 79.9 Å². The van der Waals surface area contributed by atoms with Crippen molar-refractivity contribution in [3.63, 3.8) is 0 Å². The van der Waals surface area contributed by atoms with E-state index in [1.165, 1.54) is 41.8 Å². The highest BCUT2D eigenvalue weighted by Crippen LogP contribution is 2.36. The number of sulfonamides is 1. The molecule has 1 aliphatic rings. The standard InChI is InChI=1S/C32H24Cl4N2O6S/c1-19-30(32(40)43-2)31(39)29(38(19)23-8-4-21(33)5-9-23)16-24-10-11-25(44-24)18-37(17-20-3-14-27(35)28(36)15-20)45(41,42)26-12-6-22(34)7-13-26/h3-16H,17-18H2,1-2H3/b29-16+. The number of ether oxygens (including phenoxy) is 1. The normalized spacial score (nSPS) is 14.6. The summed E-state index contributed by atoms with van der Waals surface area (Å²) in [6.45, 7) is 1.43. The molecule has 1 aromatic heterocycles. The maximum absolute atomic E-state index is 13.8. The summed E-state index contributed by atoms with van der Waals surface area (Å²) in [4.78, 5) is 27.6. The monoisotopic (exact) mass is 704 g/mol. The Morgan fingerprint density at radius 2 is 1.53 bits per heavy atom. The summed E-state index contributed by atoms with van der Waals surface area (Å²) in [6.07, 6.45) is 1.48. The second kappa shape index (κ2) is 13.4. The second-order valence-corrected chi connectivity index (χ2v) is 13.5. The largest absolute Gasteiger partial charge is 0.465 e. The minimum absolute atomic E-state index is 0.0351. The van der Waals surface area contributed by atoms with Gasteiger partial charge in [0.2, 0.25) is 15.8 Å². The molecule has 3 aromatic carbocycles. The third-order valence-electron chi connectivity index (χ3n) is 6.96. The number of allylic oxidation sites excluding steroid dienone is 2. The van der Waals surface area contributed by atoms with Gasteiger partial charge in [0, 0.05) is 34.1 Å². The van der Waals surface area contributed by atoms with Gasteiger partial charge >= 0.3 is 5.97 Å². The van der Waals surface area contributed by atoms with E-state index < -0.39 is 21.8 Å². The molecule has 0 amide bonds. The molecule has 45 heavy (non-hydrogen) atoms. The van der Waals surface area contributed by atoms with Crippen molar-refractivity contribution in [2.45, 2.75) is 24.9 Å². The Bertz CT molecular complexity index is 1950. The van der Waals surface area contributed by atoms with Gasteiger partial charge in [-0.2, -0.15) is 4.31 Å². The number of anilines is 1. The minimum atomic E-state index is -4.04. The van der Waals surface area contributed by atoms with E-state index in [0.717, 1.165) is 0 Å². The first-order chi connectivity index (χ1) is 21.4. The Kier molecular flexibility index (Phi) is 9.79. The molecule has 0 fully saturated rings. The van der Waals surface area contributed by atoms with E-state index >= 15 is 0 Å². The fraction of sp³-hybridized carbons (Fsp3) is 0.125. The van der Waals surface area contributed by atoms with Crippen LogP contribution in [0.1, 0.15) is 24.0 Å². The van der Waals surface area contributed by atoms with Crippen LogP contribution in [0.25, 0.3) is 6.08 Å². The van der Waals surface area contributed by atoms with E-state index in [-0.39, 0.29) is 40.0 Å². The van der Waals surface area contributed by atoms with Crippen LogP contribution >= 0.6 is 46.4 Å². The first kappa shape index (κ1) is 32.8. The highest BCUT2D eigenvalue weighted by Gasteiger charge is 2.38. The highest BCUT2D eigenvalue weighted by atomic mass is 35.5. The minimum Gasteiger partial charge on any atom is -0.465 e. The van der Waals surface area contributed by atoms with Gasteiger partial charge in [0.15, 0.2) is 0 Å². The topological polar surface area (TPSA) is 97.1 Å². The van der Waals surface area contributed by atoms with E-state index in [1.54, 1.807) is 66.4 Å². The third kappa shape index (κ3) is 6.99. The zero-order valence-corrected chi connectivity index (χ0v) is 27.6. The Hall–Kier alpha value is -3.57. The third-order valence-corrected chi connectivity index (χ3v) is 10.0. The molecule has 2 heterocycles. The highest BCUT2D eigenvalue weighted by molar-refractivity contribution is 7.89. The molecule has 232 valence electrons.